The minimum Gasteiger partial charge on any atom is -0.351 e. The zero-order valence-electron chi connectivity index (χ0n) is 19.7. The first-order valence-electron chi connectivity index (χ1n) is 11.4. The molecule has 2 aromatic heterocycles. The topological polar surface area (TPSA) is 33.1 Å². The van der Waals surface area contributed by atoms with Crippen molar-refractivity contribution in [2.45, 2.75) is 39.8 Å². The van der Waals surface area contributed by atoms with Gasteiger partial charge in [0.25, 0.3) is 0 Å². The van der Waals surface area contributed by atoms with E-state index in [4.69, 9.17) is 12.2 Å². The van der Waals surface area contributed by atoms with Crippen LogP contribution >= 0.6 is 12.2 Å². The average molecular weight is 471 g/mol. The first kappa shape index (κ1) is 22.3. The summed E-state index contributed by atoms with van der Waals surface area (Å²) >= 11 is 5.84. The second-order valence-corrected chi connectivity index (χ2v) is 9.27. The van der Waals surface area contributed by atoms with Crippen molar-refractivity contribution in [1.29, 1.82) is 0 Å². The third kappa shape index (κ3) is 3.68. The zero-order valence-corrected chi connectivity index (χ0v) is 20.5. The van der Waals surface area contributed by atoms with Gasteiger partial charge in [-0.3, -0.25) is 4.98 Å². The van der Waals surface area contributed by atoms with Crippen LogP contribution in [-0.2, 0) is 0 Å². The Kier molecular flexibility index (Phi) is 5.70. The number of pyridine rings is 1. The smallest absolute Gasteiger partial charge is 0.174 e. The third-order valence-corrected chi connectivity index (χ3v) is 6.98. The number of nitrogens with one attached hydrogen (secondary N) is 1. The minimum atomic E-state index is -0.225. The van der Waals surface area contributed by atoms with E-state index in [0.717, 1.165) is 34.0 Å². The minimum absolute atomic E-state index is 0.142. The van der Waals surface area contributed by atoms with Crippen molar-refractivity contribution >= 4 is 23.0 Å². The van der Waals surface area contributed by atoms with Crippen LogP contribution in [0.3, 0.4) is 0 Å². The Morgan fingerprint density at radius 2 is 1.68 bits per heavy atom. The lowest BCUT2D eigenvalue weighted by atomic mass is 9.96. The molecule has 0 amide bonds. The van der Waals surface area contributed by atoms with Crippen molar-refractivity contribution < 1.29 is 4.39 Å². The van der Waals surface area contributed by atoms with Gasteiger partial charge >= 0.3 is 0 Å². The molecule has 0 unspecified atom stereocenters. The molecule has 2 aromatic carbocycles. The predicted octanol–water partition coefficient (Wildman–Crippen LogP) is 6.42. The van der Waals surface area contributed by atoms with Crippen LogP contribution in [0.4, 0.5) is 10.1 Å². The summed E-state index contributed by atoms with van der Waals surface area (Å²) in [6.45, 7) is 8.19. The van der Waals surface area contributed by atoms with Crippen LogP contribution in [0.2, 0.25) is 0 Å². The van der Waals surface area contributed by atoms with Crippen molar-refractivity contribution in [2.24, 2.45) is 0 Å². The van der Waals surface area contributed by atoms with E-state index in [1.165, 1.54) is 11.6 Å². The number of hydrogen-bond donors (Lipinski definition) is 1. The van der Waals surface area contributed by atoms with Crippen molar-refractivity contribution in [3.8, 4) is 5.69 Å². The molecule has 1 N–H and O–H groups in total. The first-order chi connectivity index (χ1) is 16.4. The van der Waals surface area contributed by atoms with Crippen molar-refractivity contribution in [3.05, 3.63) is 113 Å². The van der Waals surface area contributed by atoms with E-state index in [1.54, 1.807) is 19.2 Å². The Hall–Kier alpha value is -3.51. The van der Waals surface area contributed by atoms with Gasteiger partial charge in [0.15, 0.2) is 5.11 Å². The molecule has 4 nitrogen and oxygen atoms in total. The number of hydrogen-bond acceptors (Lipinski definition) is 2. The van der Waals surface area contributed by atoms with E-state index in [9.17, 15) is 4.39 Å². The van der Waals surface area contributed by atoms with Crippen LogP contribution < -0.4 is 10.2 Å². The molecule has 172 valence electrons. The number of benzene rings is 2. The van der Waals surface area contributed by atoms with Gasteiger partial charge in [0.1, 0.15) is 5.82 Å². The van der Waals surface area contributed by atoms with E-state index in [-0.39, 0.29) is 17.9 Å². The van der Waals surface area contributed by atoms with Crippen LogP contribution in [-0.4, -0.2) is 14.7 Å². The highest BCUT2D eigenvalue weighted by Gasteiger charge is 2.42. The number of halogens is 1. The normalized spacial score (nSPS) is 17.8. The van der Waals surface area contributed by atoms with Gasteiger partial charge in [0.05, 0.1) is 17.8 Å². The maximum atomic E-state index is 14.1. The Labute approximate surface area is 205 Å². The standard InChI is InChI=1S/C28H27FN4S/c1-17-9-5-6-11-25(17)32-19(3)16-22(20(32)4)27-26(24-10-7-8-14-30-24)31-28(34)33(27)21-12-13-23(29)18(2)15-21/h5-16,26-27H,1-4H3,(H,31,34)/t26-,27+/m1/s1. The fraction of sp³-hybridized carbons (Fsp3) is 0.214. The summed E-state index contributed by atoms with van der Waals surface area (Å²) in [6, 6.07) is 21.4. The van der Waals surface area contributed by atoms with Crippen LogP contribution in [0.5, 0.6) is 0 Å². The van der Waals surface area contributed by atoms with Crippen LogP contribution in [0.15, 0.2) is 72.9 Å². The molecule has 1 fully saturated rings. The summed E-state index contributed by atoms with van der Waals surface area (Å²) < 4.78 is 16.4. The second-order valence-electron chi connectivity index (χ2n) is 8.88. The Morgan fingerprint density at radius 3 is 2.38 bits per heavy atom. The maximum Gasteiger partial charge on any atom is 0.174 e. The van der Waals surface area contributed by atoms with E-state index >= 15 is 0 Å². The summed E-state index contributed by atoms with van der Waals surface area (Å²) in [4.78, 5) is 6.75. The number of anilines is 1. The number of aryl methyl sites for hydroxylation is 3. The van der Waals surface area contributed by atoms with Crippen molar-refractivity contribution in [2.75, 3.05) is 4.90 Å². The lowest BCUT2D eigenvalue weighted by Crippen LogP contribution is -2.29. The van der Waals surface area contributed by atoms with Gasteiger partial charge in [-0.05, 0) is 99.1 Å². The second kappa shape index (κ2) is 8.69. The van der Waals surface area contributed by atoms with Gasteiger partial charge in [-0.1, -0.05) is 24.3 Å². The van der Waals surface area contributed by atoms with Crippen LogP contribution in [0.1, 0.15) is 45.9 Å². The molecule has 0 spiro atoms. The van der Waals surface area contributed by atoms with Gasteiger partial charge in [0.2, 0.25) is 0 Å². The Morgan fingerprint density at radius 1 is 0.912 bits per heavy atom. The average Bonchev–Trinajstić information content (AvgIpc) is 3.32. The quantitative estimate of drug-likeness (QED) is 0.349. The molecular formula is C28H27FN4S. The largest absolute Gasteiger partial charge is 0.351 e. The molecule has 6 heteroatoms. The van der Waals surface area contributed by atoms with E-state index in [0.29, 0.717) is 10.7 Å². The number of aromatic nitrogens is 2. The summed E-state index contributed by atoms with van der Waals surface area (Å²) in [5.74, 6) is -0.225. The maximum absolute atomic E-state index is 14.1. The fourth-order valence-electron chi connectivity index (χ4n) is 5.00. The molecule has 0 saturated carbocycles. The van der Waals surface area contributed by atoms with Gasteiger partial charge < -0.3 is 14.8 Å². The van der Waals surface area contributed by atoms with Crippen molar-refractivity contribution in [3.63, 3.8) is 0 Å². The number of rotatable bonds is 4. The van der Waals surface area contributed by atoms with Gasteiger partial charge in [-0.15, -0.1) is 0 Å². The highest BCUT2D eigenvalue weighted by molar-refractivity contribution is 7.80. The van der Waals surface area contributed by atoms with Gasteiger partial charge in [-0.2, -0.15) is 0 Å². The number of para-hydroxylation sites is 1. The Balaban J connectivity index is 1.70. The molecule has 1 aliphatic heterocycles. The predicted molar refractivity (Wildman–Crippen MR) is 139 cm³/mol. The fourth-order valence-corrected chi connectivity index (χ4v) is 5.35. The van der Waals surface area contributed by atoms with Gasteiger partial charge in [0, 0.05) is 29.0 Å². The van der Waals surface area contributed by atoms with Crippen LogP contribution in [0, 0.1) is 33.5 Å². The summed E-state index contributed by atoms with van der Waals surface area (Å²) in [5.41, 5.74) is 8.19. The zero-order chi connectivity index (χ0) is 24.0. The molecule has 5 rings (SSSR count). The SMILES string of the molecule is Cc1cc(N2C(=S)N[C@H](c3ccccn3)[C@@H]2c2cc(C)n(-c3ccccc3C)c2C)ccc1F. The summed E-state index contributed by atoms with van der Waals surface area (Å²) in [5, 5.41) is 4.10. The molecule has 0 aliphatic carbocycles. The molecule has 4 aromatic rings. The summed E-state index contributed by atoms with van der Waals surface area (Å²) in [6.07, 6.45) is 1.80. The molecule has 1 aliphatic rings. The van der Waals surface area contributed by atoms with E-state index in [1.807, 2.05) is 24.3 Å². The highest BCUT2D eigenvalue weighted by Crippen LogP contribution is 2.44. The molecule has 0 bridgehead atoms. The number of thiocarbonyl (C=S) groups is 1. The van der Waals surface area contributed by atoms with Crippen molar-refractivity contribution in [1.82, 2.24) is 14.9 Å². The summed E-state index contributed by atoms with van der Waals surface area (Å²) in [7, 11) is 0. The highest BCUT2D eigenvalue weighted by atomic mass is 32.1. The molecule has 34 heavy (non-hydrogen) atoms. The molecular weight excluding hydrogens is 443 g/mol. The molecule has 0 radical (unpaired) electrons. The van der Waals surface area contributed by atoms with Gasteiger partial charge in [-0.25, -0.2) is 4.39 Å². The monoisotopic (exact) mass is 470 g/mol. The van der Waals surface area contributed by atoms with E-state index < -0.39 is 0 Å². The lowest BCUT2D eigenvalue weighted by Gasteiger charge is -2.28. The lowest BCUT2D eigenvalue weighted by molar-refractivity contribution is 0.564. The number of nitrogens with zero attached hydrogens (tertiary/aromatic N) is 3. The van der Waals surface area contributed by atoms with Crippen LogP contribution in [0.25, 0.3) is 5.69 Å². The third-order valence-electron chi connectivity index (χ3n) is 6.66. The first-order valence-corrected chi connectivity index (χ1v) is 11.8. The molecule has 1 saturated heterocycles. The molecule has 2 atom stereocenters. The molecule has 3 heterocycles. The Bertz CT molecular complexity index is 1380. The van der Waals surface area contributed by atoms with E-state index in [2.05, 4.69) is 70.9 Å².